The van der Waals surface area contributed by atoms with Crippen molar-refractivity contribution >= 4 is 11.8 Å². The van der Waals surface area contributed by atoms with Gasteiger partial charge in [-0.15, -0.1) is 5.06 Å². The summed E-state index contributed by atoms with van der Waals surface area (Å²) in [5.74, 6) is -1.28. The van der Waals surface area contributed by atoms with Gasteiger partial charge in [0.15, 0.2) is 0 Å². The van der Waals surface area contributed by atoms with Crippen molar-refractivity contribution in [3.8, 4) is 0 Å². The molecule has 0 unspecified atom stereocenters. The largest absolute Gasteiger partial charge is 0.281 e. The van der Waals surface area contributed by atoms with E-state index in [1.54, 1.807) is 13.8 Å². The molecule has 0 aromatic rings. The van der Waals surface area contributed by atoms with Crippen molar-refractivity contribution in [3.05, 3.63) is 11.6 Å². The van der Waals surface area contributed by atoms with Gasteiger partial charge in [-0.25, -0.2) is 0 Å². The molecule has 2 amide bonds. The summed E-state index contributed by atoms with van der Waals surface area (Å²) in [4.78, 5) is 21.6. The van der Waals surface area contributed by atoms with E-state index in [1.807, 2.05) is 0 Å². The maximum absolute atomic E-state index is 10.9. The minimum Gasteiger partial charge on any atom is -0.278 e. The minimum atomic E-state index is -0.654. The monoisotopic (exact) mass is 155 g/mol. The summed E-state index contributed by atoms with van der Waals surface area (Å²) >= 11 is 0. The van der Waals surface area contributed by atoms with Crippen LogP contribution in [-0.4, -0.2) is 22.1 Å². The summed E-state index contributed by atoms with van der Waals surface area (Å²) in [6, 6.07) is 0. The lowest BCUT2D eigenvalue weighted by Gasteiger charge is -2.06. The number of hydroxylamine groups is 2. The highest BCUT2D eigenvalue weighted by Crippen LogP contribution is 2.17. The third-order valence-corrected chi connectivity index (χ3v) is 1.55. The molecule has 0 saturated heterocycles. The minimum absolute atomic E-state index is 0.0244. The molecule has 0 aromatic heterocycles. The Morgan fingerprint density at radius 2 is 2.00 bits per heavy atom. The van der Waals surface area contributed by atoms with Crippen LogP contribution in [-0.2, 0) is 9.59 Å². The van der Waals surface area contributed by atoms with Crippen molar-refractivity contribution in [2.75, 3.05) is 0 Å². The third-order valence-electron chi connectivity index (χ3n) is 1.55. The summed E-state index contributed by atoms with van der Waals surface area (Å²) < 4.78 is 0. The van der Waals surface area contributed by atoms with Crippen molar-refractivity contribution in [1.82, 2.24) is 5.06 Å². The molecular weight excluding hydrogens is 146 g/mol. The van der Waals surface area contributed by atoms with E-state index in [0.717, 1.165) is 6.08 Å². The second-order valence-electron chi connectivity index (χ2n) is 2.71. The number of hydrogen-bond donors (Lipinski definition) is 1. The van der Waals surface area contributed by atoms with Crippen molar-refractivity contribution < 1.29 is 14.8 Å². The number of nitrogens with zero attached hydrogens (tertiary/aromatic N) is 1. The standard InChI is InChI=1S/C7H9NO3/c1-4(2)5-3-6(9)8(11)7(5)10/h3-4,11H,1-2H3. The smallest absolute Gasteiger partial charge is 0.278 e. The Hall–Kier alpha value is -1.16. The molecule has 4 heteroatoms. The number of rotatable bonds is 1. The summed E-state index contributed by atoms with van der Waals surface area (Å²) in [5.41, 5.74) is 0.359. The molecule has 1 aliphatic rings. The highest BCUT2D eigenvalue weighted by Gasteiger charge is 2.30. The molecule has 0 aromatic carbocycles. The normalized spacial score (nSPS) is 18.2. The van der Waals surface area contributed by atoms with Crippen LogP contribution in [0, 0.1) is 5.92 Å². The molecule has 4 nitrogen and oxygen atoms in total. The first-order valence-electron chi connectivity index (χ1n) is 3.33. The van der Waals surface area contributed by atoms with Gasteiger partial charge in [-0.1, -0.05) is 13.8 Å². The summed E-state index contributed by atoms with van der Waals surface area (Å²) in [7, 11) is 0. The fraction of sp³-hybridized carbons (Fsp3) is 0.429. The molecular formula is C7H9NO3. The average Bonchev–Trinajstić information content (AvgIpc) is 2.17. The van der Waals surface area contributed by atoms with Crippen LogP contribution in [0.4, 0.5) is 0 Å². The van der Waals surface area contributed by atoms with Crippen molar-refractivity contribution in [2.24, 2.45) is 5.92 Å². The molecule has 0 aliphatic carbocycles. The zero-order valence-electron chi connectivity index (χ0n) is 6.37. The lowest BCUT2D eigenvalue weighted by molar-refractivity contribution is -0.169. The van der Waals surface area contributed by atoms with Crippen LogP contribution in [0.3, 0.4) is 0 Å². The van der Waals surface area contributed by atoms with Crippen LogP contribution < -0.4 is 0 Å². The summed E-state index contributed by atoms with van der Waals surface area (Å²) in [6.45, 7) is 3.58. The van der Waals surface area contributed by atoms with Gasteiger partial charge < -0.3 is 0 Å². The molecule has 0 atom stereocenters. The molecule has 0 spiro atoms. The molecule has 1 aliphatic heterocycles. The Kier molecular flexibility index (Phi) is 1.78. The first-order chi connectivity index (χ1) is 5.04. The van der Waals surface area contributed by atoms with Crippen LogP contribution >= 0.6 is 0 Å². The number of carbonyl (C=O) groups excluding carboxylic acids is 2. The van der Waals surface area contributed by atoms with E-state index < -0.39 is 11.8 Å². The number of amides is 2. The first-order valence-corrected chi connectivity index (χ1v) is 3.33. The second-order valence-corrected chi connectivity index (χ2v) is 2.71. The predicted octanol–water partition coefficient (Wildman–Crippen LogP) is 0.327. The number of imide groups is 1. The van der Waals surface area contributed by atoms with Crippen molar-refractivity contribution in [1.29, 1.82) is 0 Å². The zero-order valence-corrected chi connectivity index (χ0v) is 6.37. The Labute approximate surface area is 64.1 Å². The van der Waals surface area contributed by atoms with Gasteiger partial charge in [-0.05, 0) is 5.92 Å². The summed E-state index contributed by atoms with van der Waals surface area (Å²) in [5, 5.41) is 8.90. The molecule has 1 rings (SSSR count). The molecule has 60 valence electrons. The van der Waals surface area contributed by atoms with Gasteiger partial charge >= 0.3 is 0 Å². The van der Waals surface area contributed by atoms with Crippen LogP contribution in [0.5, 0.6) is 0 Å². The van der Waals surface area contributed by atoms with E-state index in [2.05, 4.69) is 0 Å². The Morgan fingerprint density at radius 1 is 1.45 bits per heavy atom. The summed E-state index contributed by atoms with van der Waals surface area (Å²) in [6.07, 6.45) is 1.16. The Bertz CT molecular complexity index is 242. The second kappa shape index (κ2) is 2.47. The molecule has 0 bridgehead atoms. The van der Waals surface area contributed by atoms with Gasteiger partial charge in [0.2, 0.25) is 0 Å². The molecule has 0 fully saturated rings. The maximum Gasteiger partial charge on any atom is 0.281 e. The lowest BCUT2D eigenvalue weighted by atomic mass is 10.0. The lowest BCUT2D eigenvalue weighted by Crippen LogP contribution is -2.27. The van der Waals surface area contributed by atoms with Gasteiger partial charge in [0.1, 0.15) is 0 Å². The van der Waals surface area contributed by atoms with Gasteiger partial charge in [-0.2, -0.15) is 0 Å². The topological polar surface area (TPSA) is 57.6 Å². The molecule has 1 N–H and O–H groups in total. The molecule has 0 radical (unpaired) electrons. The Morgan fingerprint density at radius 3 is 2.18 bits per heavy atom. The Balaban J connectivity index is 2.93. The van der Waals surface area contributed by atoms with E-state index in [4.69, 9.17) is 5.21 Å². The highest BCUT2D eigenvalue weighted by molar-refractivity contribution is 6.15. The van der Waals surface area contributed by atoms with E-state index in [1.165, 1.54) is 0 Å². The van der Waals surface area contributed by atoms with Crippen molar-refractivity contribution in [2.45, 2.75) is 13.8 Å². The quantitative estimate of drug-likeness (QED) is 0.438. The number of carbonyl (C=O) groups is 2. The molecule has 11 heavy (non-hydrogen) atoms. The van der Waals surface area contributed by atoms with E-state index in [0.29, 0.717) is 5.57 Å². The maximum atomic E-state index is 10.9. The zero-order chi connectivity index (χ0) is 8.59. The van der Waals surface area contributed by atoms with Gasteiger partial charge in [0, 0.05) is 11.6 Å². The van der Waals surface area contributed by atoms with Gasteiger partial charge in [0.25, 0.3) is 11.8 Å². The molecule has 0 saturated carbocycles. The highest BCUT2D eigenvalue weighted by atomic mass is 16.5. The first kappa shape index (κ1) is 7.94. The average molecular weight is 155 g/mol. The van der Waals surface area contributed by atoms with Crippen LogP contribution in [0.1, 0.15) is 13.8 Å². The SMILES string of the molecule is CC(C)C1=CC(=O)N(O)C1=O. The van der Waals surface area contributed by atoms with Crippen LogP contribution in [0.15, 0.2) is 11.6 Å². The predicted molar refractivity (Wildman–Crippen MR) is 36.6 cm³/mol. The van der Waals surface area contributed by atoms with E-state index >= 15 is 0 Å². The van der Waals surface area contributed by atoms with E-state index in [9.17, 15) is 9.59 Å². The van der Waals surface area contributed by atoms with Crippen molar-refractivity contribution in [3.63, 3.8) is 0 Å². The van der Waals surface area contributed by atoms with E-state index in [-0.39, 0.29) is 11.0 Å². The van der Waals surface area contributed by atoms with Crippen LogP contribution in [0.25, 0.3) is 0 Å². The van der Waals surface area contributed by atoms with Crippen LogP contribution in [0.2, 0.25) is 0 Å². The van der Waals surface area contributed by atoms with Gasteiger partial charge in [0.05, 0.1) is 0 Å². The number of hydrogen-bond acceptors (Lipinski definition) is 3. The fourth-order valence-corrected chi connectivity index (χ4v) is 0.892. The fourth-order valence-electron chi connectivity index (χ4n) is 0.892. The third kappa shape index (κ3) is 1.17. The van der Waals surface area contributed by atoms with Gasteiger partial charge in [-0.3, -0.25) is 14.8 Å². The molecule has 1 heterocycles.